The summed E-state index contributed by atoms with van der Waals surface area (Å²) in [5, 5.41) is 8.80. The fraction of sp³-hybridized carbons (Fsp3) is 0.200. The number of hydrogen-bond donors (Lipinski definition) is 0. The number of rotatable bonds is 1. The first kappa shape index (κ1) is 11.5. The van der Waals surface area contributed by atoms with Crippen LogP contribution >= 0.6 is 0 Å². The van der Waals surface area contributed by atoms with E-state index in [4.69, 9.17) is 10.00 Å². The number of pyridine rings is 1. The quantitative estimate of drug-likeness (QED) is 0.782. The van der Waals surface area contributed by atoms with Crippen LogP contribution in [0.15, 0.2) is 42.6 Å². The molecule has 2 heterocycles. The van der Waals surface area contributed by atoms with E-state index in [1.54, 1.807) is 12.3 Å². The number of nitrogens with zero attached hydrogens (tertiary/aromatic N) is 3. The highest BCUT2D eigenvalue weighted by atomic mass is 16.5. The topological polar surface area (TPSA) is 49.2 Å². The number of nitriles is 1. The van der Waals surface area contributed by atoms with Gasteiger partial charge in [0.15, 0.2) is 0 Å². The molecule has 1 aliphatic heterocycles. The first-order chi connectivity index (χ1) is 9.38. The zero-order valence-electron chi connectivity index (χ0n) is 10.4. The van der Waals surface area contributed by atoms with E-state index in [-0.39, 0.29) is 0 Å². The number of para-hydroxylation sites is 2. The molecule has 4 nitrogen and oxygen atoms in total. The zero-order valence-corrected chi connectivity index (χ0v) is 10.4. The first-order valence-corrected chi connectivity index (χ1v) is 6.24. The highest BCUT2D eigenvalue weighted by molar-refractivity contribution is 5.69. The Bertz CT molecular complexity index is 616. The van der Waals surface area contributed by atoms with E-state index in [2.05, 4.69) is 9.88 Å². The average Bonchev–Trinajstić information content (AvgIpc) is 2.70. The van der Waals surface area contributed by atoms with Crippen LogP contribution in [0.4, 0.5) is 11.4 Å². The van der Waals surface area contributed by atoms with Gasteiger partial charge in [-0.1, -0.05) is 12.1 Å². The Morgan fingerprint density at radius 3 is 2.89 bits per heavy atom. The summed E-state index contributed by atoms with van der Waals surface area (Å²) in [5.74, 6) is 0.893. The first-order valence-electron chi connectivity index (χ1n) is 6.24. The zero-order chi connectivity index (χ0) is 13.1. The largest absolute Gasteiger partial charge is 0.491 e. The Morgan fingerprint density at radius 1 is 1.21 bits per heavy atom. The molecule has 0 unspecified atom stereocenters. The van der Waals surface area contributed by atoms with E-state index in [0.29, 0.717) is 5.69 Å². The van der Waals surface area contributed by atoms with E-state index in [1.165, 1.54) is 0 Å². The van der Waals surface area contributed by atoms with Gasteiger partial charge in [-0.2, -0.15) is 5.26 Å². The Morgan fingerprint density at radius 2 is 2.11 bits per heavy atom. The van der Waals surface area contributed by atoms with Crippen molar-refractivity contribution < 1.29 is 4.74 Å². The second-order valence-corrected chi connectivity index (χ2v) is 4.33. The molecule has 0 aliphatic carbocycles. The summed E-state index contributed by atoms with van der Waals surface area (Å²) in [6.07, 6.45) is 2.69. The Balaban J connectivity index is 2.01. The van der Waals surface area contributed by atoms with Crippen molar-refractivity contribution in [2.75, 3.05) is 18.1 Å². The van der Waals surface area contributed by atoms with Crippen molar-refractivity contribution in [2.24, 2.45) is 0 Å². The minimum absolute atomic E-state index is 0.433. The molecule has 0 saturated carbocycles. The summed E-state index contributed by atoms with van der Waals surface area (Å²) in [5.41, 5.74) is 2.46. The number of aromatic nitrogens is 1. The van der Waals surface area contributed by atoms with Crippen molar-refractivity contribution in [3.05, 3.63) is 48.3 Å². The molecule has 2 aromatic rings. The van der Waals surface area contributed by atoms with Gasteiger partial charge in [-0.15, -0.1) is 0 Å². The van der Waals surface area contributed by atoms with Crippen LogP contribution in [-0.4, -0.2) is 18.1 Å². The second kappa shape index (κ2) is 4.99. The Kier molecular flexibility index (Phi) is 3.03. The Labute approximate surface area is 111 Å². The van der Waals surface area contributed by atoms with Gasteiger partial charge in [0.1, 0.15) is 17.5 Å². The third kappa shape index (κ3) is 2.23. The van der Waals surface area contributed by atoms with Gasteiger partial charge in [-0.3, -0.25) is 0 Å². The highest BCUT2D eigenvalue weighted by Crippen LogP contribution is 2.35. The van der Waals surface area contributed by atoms with Crippen molar-refractivity contribution in [3.63, 3.8) is 0 Å². The molecule has 1 aromatic carbocycles. The normalized spacial score (nSPS) is 13.9. The maximum atomic E-state index is 8.80. The van der Waals surface area contributed by atoms with Gasteiger partial charge in [0, 0.05) is 6.54 Å². The molecule has 3 rings (SSSR count). The predicted octanol–water partition coefficient (Wildman–Crippen LogP) is 2.87. The van der Waals surface area contributed by atoms with Crippen LogP contribution in [0.1, 0.15) is 12.1 Å². The number of anilines is 2. The molecule has 0 amide bonds. The summed E-state index contributed by atoms with van der Waals surface area (Å²) >= 11 is 0. The van der Waals surface area contributed by atoms with E-state index in [9.17, 15) is 0 Å². The van der Waals surface area contributed by atoms with Crippen LogP contribution in [-0.2, 0) is 0 Å². The summed E-state index contributed by atoms with van der Waals surface area (Å²) in [7, 11) is 0. The van der Waals surface area contributed by atoms with Crippen molar-refractivity contribution >= 4 is 11.4 Å². The second-order valence-electron chi connectivity index (χ2n) is 4.33. The fourth-order valence-corrected chi connectivity index (χ4v) is 2.21. The average molecular weight is 251 g/mol. The lowest BCUT2D eigenvalue weighted by Crippen LogP contribution is -2.17. The molecule has 0 saturated heterocycles. The lowest BCUT2D eigenvalue weighted by atomic mass is 10.2. The van der Waals surface area contributed by atoms with Gasteiger partial charge in [0.25, 0.3) is 0 Å². The minimum Gasteiger partial charge on any atom is -0.491 e. The summed E-state index contributed by atoms with van der Waals surface area (Å²) in [6.45, 7) is 1.60. The van der Waals surface area contributed by atoms with Gasteiger partial charge in [0.2, 0.25) is 0 Å². The van der Waals surface area contributed by atoms with E-state index >= 15 is 0 Å². The van der Waals surface area contributed by atoms with Gasteiger partial charge in [-0.05, 0) is 30.7 Å². The van der Waals surface area contributed by atoms with Crippen LogP contribution in [0.3, 0.4) is 0 Å². The summed E-state index contributed by atoms with van der Waals surface area (Å²) < 4.78 is 5.73. The number of ether oxygens (including phenoxy) is 1. The van der Waals surface area contributed by atoms with Gasteiger partial charge < -0.3 is 9.64 Å². The van der Waals surface area contributed by atoms with E-state index in [0.717, 1.165) is 36.7 Å². The molecule has 19 heavy (non-hydrogen) atoms. The molecule has 0 N–H and O–H groups in total. The summed E-state index contributed by atoms with van der Waals surface area (Å²) in [6, 6.07) is 13.7. The Hall–Kier alpha value is -2.54. The summed E-state index contributed by atoms with van der Waals surface area (Å²) in [4.78, 5) is 6.31. The van der Waals surface area contributed by atoms with Crippen LogP contribution < -0.4 is 9.64 Å². The fourth-order valence-electron chi connectivity index (χ4n) is 2.21. The lowest BCUT2D eigenvalue weighted by Gasteiger charge is -2.23. The number of benzene rings is 1. The standard InChI is InChI=1S/C15H13N3O/c16-10-12-6-7-13(11-17-12)18-8-3-9-19-15-5-2-1-4-14(15)18/h1-2,4-7,11H,3,8-9H2. The molecule has 0 bridgehead atoms. The molecule has 0 atom stereocenters. The third-order valence-electron chi connectivity index (χ3n) is 3.11. The smallest absolute Gasteiger partial charge is 0.142 e. The number of hydrogen-bond acceptors (Lipinski definition) is 4. The molecule has 0 spiro atoms. The maximum Gasteiger partial charge on any atom is 0.142 e. The number of fused-ring (bicyclic) bond motifs is 1. The van der Waals surface area contributed by atoms with Crippen molar-refractivity contribution in [1.82, 2.24) is 4.98 Å². The molecule has 4 heteroatoms. The van der Waals surface area contributed by atoms with Gasteiger partial charge in [-0.25, -0.2) is 4.98 Å². The molecule has 0 radical (unpaired) electrons. The third-order valence-corrected chi connectivity index (χ3v) is 3.11. The van der Waals surface area contributed by atoms with Crippen molar-refractivity contribution in [2.45, 2.75) is 6.42 Å². The van der Waals surface area contributed by atoms with Crippen molar-refractivity contribution in [1.29, 1.82) is 5.26 Å². The highest BCUT2D eigenvalue weighted by Gasteiger charge is 2.17. The lowest BCUT2D eigenvalue weighted by molar-refractivity contribution is 0.322. The predicted molar refractivity (Wildman–Crippen MR) is 72.5 cm³/mol. The van der Waals surface area contributed by atoms with E-state index in [1.807, 2.05) is 36.4 Å². The van der Waals surface area contributed by atoms with E-state index < -0.39 is 0 Å². The SMILES string of the molecule is N#Cc1ccc(N2CCCOc3ccccc32)cn1. The molecule has 1 aliphatic rings. The molecule has 1 aromatic heterocycles. The minimum atomic E-state index is 0.433. The molecule has 94 valence electrons. The van der Waals surface area contributed by atoms with Crippen LogP contribution in [0.5, 0.6) is 5.75 Å². The van der Waals surface area contributed by atoms with Crippen LogP contribution in [0, 0.1) is 11.3 Å². The molecular formula is C15H13N3O. The monoisotopic (exact) mass is 251 g/mol. The van der Waals surface area contributed by atoms with Gasteiger partial charge in [0.05, 0.1) is 24.2 Å². The molecular weight excluding hydrogens is 238 g/mol. The van der Waals surface area contributed by atoms with Crippen LogP contribution in [0.2, 0.25) is 0 Å². The maximum absolute atomic E-state index is 8.80. The molecule has 0 fully saturated rings. The van der Waals surface area contributed by atoms with Crippen molar-refractivity contribution in [3.8, 4) is 11.8 Å². The van der Waals surface area contributed by atoms with Crippen LogP contribution in [0.25, 0.3) is 0 Å². The van der Waals surface area contributed by atoms with Gasteiger partial charge >= 0.3 is 0 Å².